The van der Waals surface area contributed by atoms with Gasteiger partial charge < -0.3 is 15.2 Å². The molecule has 8 nitrogen and oxygen atoms in total. The molecule has 0 spiro atoms. The van der Waals surface area contributed by atoms with Gasteiger partial charge in [-0.2, -0.15) is 0 Å². The number of amidine groups is 1. The quantitative estimate of drug-likeness (QED) is 0.593. The van der Waals surface area contributed by atoms with Gasteiger partial charge in [0, 0.05) is 30.2 Å². The van der Waals surface area contributed by atoms with E-state index < -0.39 is 42.9 Å². The predicted molar refractivity (Wildman–Crippen MR) is 114 cm³/mol. The van der Waals surface area contributed by atoms with Crippen molar-refractivity contribution in [2.75, 3.05) is 19.7 Å². The molecule has 0 radical (unpaired) electrons. The molecule has 3 aliphatic rings. The first-order valence-electron chi connectivity index (χ1n) is 10.8. The molecule has 2 atom stereocenters. The highest BCUT2D eigenvalue weighted by Crippen LogP contribution is 2.37. The van der Waals surface area contributed by atoms with Gasteiger partial charge in [-0.25, -0.2) is 18.6 Å². The van der Waals surface area contributed by atoms with Crippen molar-refractivity contribution in [3.63, 3.8) is 0 Å². The summed E-state index contributed by atoms with van der Waals surface area (Å²) in [5.74, 6) is -4.38. The molecule has 1 aromatic heterocycles. The molecule has 2 fully saturated rings. The number of aromatic nitrogens is 1. The molecule has 4 rings (SSSR count). The average Bonchev–Trinajstić information content (AvgIpc) is 3.49. The Morgan fingerprint density at radius 2 is 2.12 bits per heavy atom. The van der Waals surface area contributed by atoms with Crippen LogP contribution in [-0.4, -0.2) is 70.5 Å². The Hall–Kier alpha value is -2.40. The monoisotopic (exact) mass is 468 g/mol. The van der Waals surface area contributed by atoms with Crippen LogP contribution in [0.2, 0.25) is 0 Å². The molecule has 1 unspecified atom stereocenters. The van der Waals surface area contributed by atoms with E-state index in [2.05, 4.69) is 10.3 Å². The molecule has 1 saturated heterocycles. The number of aliphatic carboxylic acids is 1. The highest BCUT2D eigenvalue weighted by molar-refractivity contribution is 7.11. The standard InChI is InChI=1S/C21H26F2N4O4S/c1-2-31-20(30)15-13(10-27-11-21(22,23)9-14(27)19(28)29)25-17(18-24-7-8-32-18)26-16(15)12-5-3-4-6-12/h7-8,12,14,16H,2-6,9-11H2,1H3,(H,25,26)(H,28,29)/t14-,16?/m0/s1. The number of esters is 1. The first-order chi connectivity index (χ1) is 15.3. The Balaban J connectivity index is 1.74. The van der Waals surface area contributed by atoms with E-state index in [-0.39, 0.29) is 19.1 Å². The van der Waals surface area contributed by atoms with E-state index in [1.165, 1.54) is 16.2 Å². The second kappa shape index (κ2) is 9.22. The van der Waals surface area contributed by atoms with Crippen molar-refractivity contribution in [1.29, 1.82) is 0 Å². The van der Waals surface area contributed by atoms with Gasteiger partial charge in [0.25, 0.3) is 5.92 Å². The van der Waals surface area contributed by atoms with E-state index in [1.54, 1.807) is 18.5 Å². The molecule has 2 aliphatic heterocycles. The lowest BCUT2D eigenvalue weighted by molar-refractivity contribution is -0.142. The van der Waals surface area contributed by atoms with E-state index in [0.29, 0.717) is 22.1 Å². The number of alkyl halides is 2. The fraction of sp³-hybridized carbons (Fsp3) is 0.619. The minimum Gasteiger partial charge on any atom is -0.480 e. The smallest absolute Gasteiger partial charge is 0.338 e. The Morgan fingerprint density at radius 3 is 2.75 bits per heavy atom. The number of carbonyl (C=O) groups is 2. The van der Waals surface area contributed by atoms with Crippen LogP contribution in [0, 0.1) is 5.92 Å². The summed E-state index contributed by atoms with van der Waals surface area (Å²) in [6.07, 6.45) is 4.73. The topological polar surface area (TPSA) is 104 Å². The zero-order chi connectivity index (χ0) is 22.9. The van der Waals surface area contributed by atoms with Crippen molar-refractivity contribution in [3.05, 3.63) is 27.9 Å². The Kier molecular flexibility index (Phi) is 6.57. The molecule has 2 N–H and O–H groups in total. The number of hydrogen-bond donors (Lipinski definition) is 2. The first-order valence-corrected chi connectivity index (χ1v) is 11.7. The van der Waals surface area contributed by atoms with E-state index >= 15 is 0 Å². The Bertz CT molecular complexity index is 928. The minimum absolute atomic E-state index is 0.122. The molecule has 174 valence electrons. The lowest BCUT2D eigenvalue weighted by Gasteiger charge is -2.32. The Morgan fingerprint density at radius 1 is 1.38 bits per heavy atom. The fourth-order valence-corrected chi connectivity index (χ4v) is 5.35. The SMILES string of the molecule is CCOC(=O)C1=C(CN2CC(F)(F)C[C@H]2C(=O)O)NC(c2nccs2)=NC1C1CCCC1. The molecule has 11 heteroatoms. The summed E-state index contributed by atoms with van der Waals surface area (Å²) in [6.45, 7) is 1.03. The summed E-state index contributed by atoms with van der Waals surface area (Å²) in [4.78, 5) is 35.0. The minimum atomic E-state index is -3.11. The summed E-state index contributed by atoms with van der Waals surface area (Å²) in [5, 5.41) is 15.0. The van der Waals surface area contributed by atoms with Gasteiger partial charge in [0.2, 0.25) is 0 Å². The lowest BCUT2D eigenvalue weighted by atomic mass is 9.89. The van der Waals surface area contributed by atoms with Crippen LogP contribution in [0.3, 0.4) is 0 Å². The zero-order valence-electron chi connectivity index (χ0n) is 17.7. The average molecular weight is 469 g/mol. The molecule has 32 heavy (non-hydrogen) atoms. The number of hydrogen-bond acceptors (Lipinski definition) is 8. The Labute approximate surface area is 188 Å². The van der Waals surface area contributed by atoms with Crippen LogP contribution in [0.1, 0.15) is 44.0 Å². The zero-order valence-corrected chi connectivity index (χ0v) is 18.5. The van der Waals surface area contributed by atoms with Gasteiger partial charge in [0.15, 0.2) is 10.8 Å². The van der Waals surface area contributed by atoms with Crippen molar-refractivity contribution in [2.45, 2.75) is 57.0 Å². The summed E-state index contributed by atoms with van der Waals surface area (Å²) in [6, 6.07) is -1.83. The van der Waals surface area contributed by atoms with Gasteiger partial charge in [-0.15, -0.1) is 11.3 Å². The van der Waals surface area contributed by atoms with Gasteiger partial charge in [0.05, 0.1) is 24.8 Å². The highest BCUT2D eigenvalue weighted by atomic mass is 32.1. The summed E-state index contributed by atoms with van der Waals surface area (Å²) < 4.78 is 33.5. The number of nitrogens with one attached hydrogen (secondary N) is 1. The van der Waals surface area contributed by atoms with E-state index in [1.807, 2.05) is 0 Å². The molecule has 1 aromatic rings. The van der Waals surface area contributed by atoms with E-state index in [0.717, 1.165) is 25.7 Å². The number of carbonyl (C=O) groups excluding carboxylic acids is 1. The number of carboxylic acids is 1. The number of carboxylic acid groups (broad SMARTS) is 1. The maximum atomic E-state index is 14.1. The van der Waals surface area contributed by atoms with Crippen LogP contribution < -0.4 is 5.32 Å². The second-order valence-corrected chi connectivity index (χ2v) is 9.26. The molecular formula is C21H26F2N4O4S. The summed E-state index contributed by atoms with van der Waals surface area (Å²) >= 11 is 1.37. The summed E-state index contributed by atoms with van der Waals surface area (Å²) in [5.41, 5.74) is 0.669. The van der Waals surface area contributed by atoms with Crippen LogP contribution >= 0.6 is 11.3 Å². The van der Waals surface area contributed by atoms with E-state index in [9.17, 15) is 23.5 Å². The molecule has 1 saturated carbocycles. The van der Waals surface area contributed by atoms with Crippen molar-refractivity contribution in [3.8, 4) is 0 Å². The number of nitrogens with zero attached hydrogens (tertiary/aromatic N) is 3. The predicted octanol–water partition coefficient (Wildman–Crippen LogP) is 2.66. The lowest BCUT2D eigenvalue weighted by Crippen LogP contribution is -2.45. The number of rotatable bonds is 7. The third kappa shape index (κ3) is 4.68. The third-order valence-corrected chi connectivity index (χ3v) is 6.93. The number of likely N-dealkylation sites (tertiary alicyclic amines) is 1. The number of aliphatic imine (C=N–C) groups is 1. The van der Waals surface area contributed by atoms with Gasteiger partial charge in [-0.3, -0.25) is 14.7 Å². The largest absolute Gasteiger partial charge is 0.480 e. The molecular weight excluding hydrogens is 442 g/mol. The van der Waals surface area contributed by atoms with Gasteiger partial charge in [-0.1, -0.05) is 12.8 Å². The van der Waals surface area contributed by atoms with Gasteiger partial charge >= 0.3 is 11.9 Å². The van der Waals surface area contributed by atoms with Crippen LogP contribution in [0.15, 0.2) is 27.8 Å². The first kappa shape index (κ1) is 22.8. The second-order valence-electron chi connectivity index (χ2n) is 8.36. The van der Waals surface area contributed by atoms with Crippen LogP contribution in [0.4, 0.5) is 8.78 Å². The van der Waals surface area contributed by atoms with Crippen molar-refractivity contribution in [1.82, 2.24) is 15.2 Å². The van der Waals surface area contributed by atoms with Crippen molar-refractivity contribution in [2.24, 2.45) is 10.9 Å². The number of halogens is 2. The number of ether oxygens (including phenoxy) is 1. The summed E-state index contributed by atoms with van der Waals surface area (Å²) in [7, 11) is 0. The molecule has 0 bridgehead atoms. The molecule has 3 heterocycles. The van der Waals surface area contributed by atoms with Crippen molar-refractivity contribution >= 4 is 29.1 Å². The molecule has 0 aromatic carbocycles. The van der Waals surface area contributed by atoms with Gasteiger partial charge in [0.1, 0.15) is 6.04 Å². The maximum Gasteiger partial charge on any atom is 0.338 e. The maximum absolute atomic E-state index is 14.1. The number of thiazole rings is 1. The van der Waals surface area contributed by atoms with E-state index in [4.69, 9.17) is 9.73 Å². The van der Waals surface area contributed by atoms with Crippen LogP contribution in [0.25, 0.3) is 0 Å². The normalized spacial score (nSPS) is 26.2. The van der Waals surface area contributed by atoms with Gasteiger partial charge in [-0.05, 0) is 25.7 Å². The third-order valence-electron chi connectivity index (χ3n) is 6.15. The van der Waals surface area contributed by atoms with Crippen molar-refractivity contribution < 1.29 is 28.2 Å². The molecule has 1 aliphatic carbocycles. The fourth-order valence-electron chi connectivity index (χ4n) is 4.76. The van der Waals surface area contributed by atoms with Crippen LogP contribution in [-0.2, 0) is 14.3 Å². The highest BCUT2D eigenvalue weighted by Gasteiger charge is 2.49. The van der Waals surface area contributed by atoms with Crippen LogP contribution in [0.5, 0.6) is 0 Å². The molecule has 0 amide bonds.